The lowest BCUT2D eigenvalue weighted by Crippen LogP contribution is -2.26. The van der Waals surface area contributed by atoms with Gasteiger partial charge in [0.05, 0.1) is 11.7 Å². The summed E-state index contributed by atoms with van der Waals surface area (Å²) in [4.78, 5) is 0. The molecule has 3 nitrogen and oxygen atoms in total. The molecule has 114 valence electrons. The van der Waals surface area contributed by atoms with Gasteiger partial charge in [-0.2, -0.15) is 0 Å². The van der Waals surface area contributed by atoms with Crippen LogP contribution in [0, 0.1) is 6.92 Å². The Morgan fingerprint density at radius 1 is 1.05 bits per heavy atom. The second kappa shape index (κ2) is 5.85. The van der Waals surface area contributed by atoms with E-state index in [0.717, 1.165) is 16.8 Å². The Morgan fingerprint density at radius 3 is 2.45 bits per heavy atom. The topological polar surface area (TPSA) is 44.3 Å². The normalized spacial score (nSPS) is 17.5. The van der Waals surface area contributed by atoms with Crippen LogP contribution in [-0.2, 0) is 0 Å². The highest BCUT2D eigenvalue weighted by Crippen LogP contribution is 2.30. The van der Waals surface area contributed by atoms with Gasteiger partial charge < -0.3 is 10.5 Å². The van der Waals surface area contributed by atoms with Crippen LogP contribution in [0.4, 0.5) is 0 Å². The molecule has 0 unspecified atom stereocenters. The van der Waals surface area contributed by atoms with Crippen molar-refractivity contribution >= 4 is 5.70 Å². The highest BCUT2D eigenvalue weighted by atomic mass is 16.3. The summed E-state index contributed by atoms with van der Waals surface area (Å²) < 4.78 is 0. The maximum absolute atomic E-state index is 10.0. The standard InChI is InChI=1S/C19H22N2O/c1-12(2)14-5-7-15(8-6-14)17-11-18(21-20-17)16-10-13(3)4-9-19(16)22/h4-12,17,20-22H,1-3H3/t17-/m0/s1. The second-order valence-corrected chi connectivity index (χ2v) is 6.17. The van der Waals surface area contributed by atoms with Gasteiger partial charge in [0.2, 0.25) is 0 Å². The largest absolute Gasteiger partial charge is 0.507 e. The van der Waals surface area contributed by atoms with E-state index >= 15 is 0 Å². The molecule has 0 aliphatic carbocycles. The van der Waals surface area contributed by atoms with E-state index in [9.17, 15) is 5.11 Å². The summed E-state index contributed by atoms with van der Waals surface area (Å²) in [5.74, 6) is 0.834. The molecule has 2 aromatic carbocycles. The van der Waals surface area contributed by atoms with E-state index in [1.54, 1.807) is 6.07 Å². The van der Waals surface area contributed by atoms with Crippen LogP contribution < -0.4 is 10.9 Å². The molecule has 1 atom stereocenters. The van der Waals surface area contributed by atoms with Gasteiger partial charge in [0.25, 0.3) is 0 Å². The fraction of sp³-hybridized carbons (Fsp3) is 0.263. The number of hydrogen-bond donors (Lipinski definition) is 3. The minimum absolute atomic E-state index is 0.108. The van der Waals surface area contributed by atoms with Gasteiger partial charge in [0.15, 0.2) is 0 Å². The summed E-state index contributed by atoms with van der Waals surface area (Å²) in [5.41, 5.74) is 11.9. The maximum Gasteiger partial charge on any atom is 0.124 e. The number of rotatable bonds is 3. The number of nitrogens with one attached hydrogen (secondary N) is 2. The monoisotopic (exact) mass is 294 g/mol. The first-order valence-corrected chi connectivity index (χ1v) is 7.68. The molecule has 0 radical (unpaired) electrons. The van der Waals surface area contributed by atoms with Crippen LogP contribution in [0.3, 0.4) is 0 Å². The van der Waals surface area contributed by atoms with Crippen molar-refractivity contribution in [1.82, 2.24) is 10.9 Å². The molecule has 1 heterocycles. The number of aromatic hydroxyl groups is 1. The average Bonchev–Trinajstić information content (AvgIpc) is 2.99. The summed E-state index contributed by atoms with van der Waals surface area (Å²) in [6.45, 7) is 6.42. The van der Waals surface area contributed by atoms with Crippen LogP contribution in [0.5, 0.6) is 5.75 Å². The molecule has 3 N–H and O–H groups in total. The number of hydrogen-bond acceptors (Lipinski definition) is 3. The van der Waals surface area contributed by atoms with Crippen LogP contribution in [0.25, 0.3) is 5.70 Å². The van der Waals surface area contributed by atoms with Crippen molar-refractivity contribution in [3.8, 4) is 5.75 Å². The Bertz CT molecular complexity index is 702. The van der Waals surface area contributed by atoms with Crippen molar-refractivity contribution in [2.45, 2.75) is 32.7 Å². The smallest absolute Gasteiger partial charge is 0.124 e. The summed E-state index contributed by atoms with van der Waals surface area (Å²) in [7, 11) is 0. The summed E-state index contributed by atoms with van der Waals surface area (Å²) >= 11 is 0. The molecule has 3 heteroatoms. The van der Waals surface area contributed by atoms with E-state index in [0.29, 0.717) is 11.7 Å². The van der Waals surface area contributed by atoms with Gasteiger partial charge in [0, 0.05) is 5.56 Å². The Hall–Kier alpha value is -2.26. The summed E-state index contributed by atoms with van der Waals surface area (Å²) in [6.07, 6.45) is 2.11. The lowest BCUT2D eigenvalue weighted by molar-refractivity contribution is 0.472. The fourth-order valence-electron chi connectivity index (χ4n) is 2.70. The lowest BCUT2D eigenvalue weighted by atomic mass is 9.98. The first-order chi connectivity index (χ1) is 10.5. The van der Waals surface area contributed by atoms with E-state index in [1.165, 1.54) is 11.1 Å². The number of hydrazine groups is 1. The minimum atomic E-state index is 0.108. The molecule has 1 aliphatic heterocycles. The van der Waals surface area contributed by atoms with Crippen LogP contribution in [0.1, 0.15) is 48.1 Å². The maximum atomic E-state index is 10.0. The number of phenols is 1. The highest BCUT2D eigenvalue weighted by Gasteiger charge is 2.19. The van der Waals surface area contributed by atoms with Gasteiger partial charge in [-0.25, -0.2) is 5.43 Å². The Balaban J connectivity index is 1.86. The van der Waals surface area contributed by atoms with Gasteiger partial charge >= 0.3 is 0 Å². The van der Waals surface area contributed by atoms with Crippen molar-refractivity contribution < 1.29 is 5.11 Å². The molecule has 0 amide bonds. The summed E-state index contributed by atoms with van der Waals surface area (Å²) in [6, 6.07) is 14.4. The molecule has 0 aromatic heterocycles. The number of aryl methyl sites for hydroxylation is 1. The van der Waals surface area contributed by atoms with Crippen molar-refractivity contribution in [2.75, 3.05) is 0 Å². The van der Waals surface area contributed by atoms with E-state index in [1.807, 2.05) is 19.1 Å². The van der Waals surface area contributed by atoms with Crippen molar-refractivity contribution in [3.05, 3.63) is 70.8 Å². The zero-order valence-corrected chi connectivity index (χ0v) is 13.2. The highest BCUT2D eigenvalue weighted by molar-refractivity contribution is 5.71. The van der Waals surface area contributed by atoms with Crippen molar-refractivity contribution in [3.63, 3.8) is 0 Å². The first-order valence-electron chi connectivity index (χ1n) is 7.68. The zero-order valence-electron chi connectivity index (χ0n) is 13.2. The third kappa shape index (κ3) is 2.85. The van der Waals surface area contributed by atoms with Gasteiger partial charge in [-0.1, -0.05) is 49.7 Å². The Kier molecular flexibility index (Phi) is 3.90. The lowest BCUT2D eigenvalue weighted by Gasteiger charge is -2.11. The quantitative estimate of drug-likeness (QED) is 0.801. The minimum Gasteiger partial charge on any atom is -0.507 e. The van der Waals surface area contributed by atoms with Crippen LogP contribution in [0.2, 0.25) is 0 Å². The number of phenolic OH excluding ortho intramolecular Hbond substituents is 1. The van der Waals surface area contributed by atoms with Gasteiger partial charge in [-0.3, -0.25) is 0 Å². The van der Waals surface area contributed by atoms with E-state index < -0.39 is 0 Å². The predicted molar refractivity (Wildman–Crippen MR) is 90.4 cm³/mol. The van der Waals surface area contributed by atoms with E-state index in [4.69, 9.17) is 0 Å². The average molecular weight is 294 g/mol. The van der Waals surface area contributed by atoms with Crippen LogP contribution >= 0.6 is 0 Å². The Labute approximate surface area is 131 Å². The molecule has 0 spiro atoms. The molecule has 0 saturated carbocycles. The molecule has 2 aromatic rings. The Morgan fingerprint density at radius 2 is 1.77 bits per heavy atom. The van der Waals surface area contributed by atoms with Gasteiger partial charge in [0.1, 0.15) is 5.75 Å². The van der Waals surface area contributed by atoms with Gasteiger partial charge in [-0.15, -0.1) is 0 Å². The first kappa shape index (κ1) is 14.7. The molecular weight excluding hydrogens is 272 g/mol. The third-order valence-electron chi connectivity index (χ3n) is 4.10. The molecule has 0 bridgehead atoms. The van der Waals surface area contributed by atoms with Crippen LogP contribution in [-0.4, -0.2) is 5.11 Å². The van der Waals surface area contributed by atoms with E-state index in [-0.39, 0.29) is 6.04 Å². The third-order valence-corrected chi connectivity index (χ3v) is 4.10. The van der Waals surface area contributed by atoms with Crippen LogP contribution in [0.15, 0.2) is 48.5 Å². The molecule has 0 saturated heterocycles. The predicted octanol–water partition coefficient (Wildman–Crippen LogP) is 4.01. The van der Waals surface area contributed by atoms with E-state index in [2.05, 4.69) is 55.0 Å². The SMILES string of the molecule is Cc1ccc(O)c(C2=C[C@@H](c3ccc(C(C)C)cc3)NN2)c1. The van der Waals surface area contributed by atoms with Crippen molar-refractivity contribution in [1.29, 1.82) is 0 Å². The molecule has 0 fully saturated rings. The van der Waals surface area contributed by atoms with Gasteiger partial charge in [-0.05, 0) is 42.2 Å². The van der Waals surface area contributed by atoms with Crippen molar-refractivity contribution in [2.24, 2.45) is 0 Å². The fourth-order valence-corrected chi connectivity index (χ4v) is 2.70. The second-order valence-electron chi connectivity index (χ2n) is 6.17. The zero-order chi connectivity index (χ0) is 15.7. The number of benzene rings is 2. The molecule has 22 heavy (non-hydrogen) atoms. The molecular formula is C19H22N2O. The summed E-state index contributed by atoms with van der Waals surface area (Å²) in [5, 5.41) is 10.0. The molecule has 3 rings (SSSR count). The molecule has 1 aliphatic rings.